The highest BCUT2D eigenvalue weighted by Crippen LogP contribution is 2.06. The first-order valence-electron chi connectivity index (χ1n) is 9.70. The third kappa shape index (κ3) is 18.4. The van der Waals surface area contributed by atoms with Crippen LogP contribution in [-0.4, -0.2) is 41.4 Å². The molecule has 2 atom stereocenters. The summed E-state index contributed by atoms with van der Waals surface area (Å²) in [6.45, 7) is 4.14. The average Bonchev–Trinajstić information content (AvgIpc) is 2.56. The van der Waals surface area contributed by atoms with Gasteiger partial charge in [-0.05, 0) is 46.0 Å². The minimum absolute atomic E-state index is 0.0665. The van der Waals surface area contributed by atoms with Gasteiger partial charge in [0.1, 0.15) is 5.78 Å². The average molecular weight is 381 g/mol. The molecule has 0 aromatic heterocycles. The molecule has 1 amide bonds. The summed E-state index contributed by atoms with van der Waals surface area (Å²) in [7, 11) is 0. The lowest BCUT2D eigenvalue weighted by molar-refractivity contribution is -0.121. The van der Waals surface area contributed by atoms with E-state index >= 15 is 0 Å². The van der Waals surface area contributed by atoms with Crippen LogP contribution in [0.1, 0.15) is 65.2 Å². The van der Waals surface area contributed by atoms with Crippen molar-refractivity contribution in [3.63, 3.8) is 0 Å². The molecule has 6 N–H and O–H groups in total. The second kappa shape index (κ2) is 16.1. The molecule has 0 aliphatic carbocycles. The minimum atomic E-state index is -0.544. The minimum Gasteiger partial charge on any atom is -0.393 e. The number of nitrogens with two attached hydrogens (primary N) is 2. The summed E-state index contributed by atoms with van der Waals surface area (Å²) < 4.78 is 0. The Bertz CT molecular complexity index is 509. The number of Topliss-reactive ketones (excluding diaryl/α,β-unsaturated/α-hetero) is 1. The smallest absolute Gasteiger partial charge is 0.244 e. The normalized spacial score (nSPS) is 13.6. The van der Waals surface area contributed by atoms with Crippen LogP contribution in [0.25, 0.3) is 0 Å². The molecule has 0 rings (SSSR count). The van der Waals surface area contributed by atoms with Crippen LogP contribution >= 0.6 is 0 Å². The lowest BCUT2D eigenvalue weighted by Crippen LogP contribution is -2.31. The zero-order valence-corrected chi connectivity index (χ0v) is 16.7. The summed E-state index contributed by atoms with van der Waals surface area (Å²) in [4.78, 5) is 27.1. The zero-order chi connectivity index (χ0) is 20.5. The van der Waals surface area contributed by atoms with E-state index in [1.807, 2.05) is 19.1 Å². The topological polar surface area (TPSA) is 131 Å². The number of amides is 1. The zero-order valence-electron chi connectivity index (χ0n) is 16.7. The van der Waals surface area contributed by atoms with E-state index < -0.39 is 6.10 Å². The number of carbonyl (C=O) groups is 2. The molecule has 0 saturated heterocycles. The number of nitrogens with one attached hydrogen (secondary N) is 1. The predicted molar refractivity (Wildman–Crippen MR) is 110 cm³/mol. The number of hydrogen-bond acceptors (Lipinski definition) is 4. The lowest BCUT2D eigenvalue weighted by Gasteiger charge is -2.11. The predicted octanol–water partition coefficient (Wildman–Crippen LogP) is 1.95. The first-order valence-corrected chi connectivity index (χ1v) is 9.70. The Balaban J connectivity index is 3.71. The number of guanidine groups is 1. The molecule has 0 bridgehead atoms. The SMILES string of the molecule is CC(O)CC(=O)CCCCC/C=C/C=C/C(=O)NC(C)CCCN=C(N)N. The molecule has 0 fully saturated rings. The first-order chi connectivity index (χ1) is 12.8. The fourth-order valence-corrected chi connectivity index (χ4v) is 2.48. The van der Waals surface area contributed by atoms with Crippen LogP contribution in [0, 0.1) is 0 Å². The van der Waals surface area contributed by atoms with E-state index in [-0.39, 0.29) is 30.1 Å². The number of nitrogens with zero attached hydrogens (tertiary/aromatic N) is 1. The van der Waals surface area contributed by atoms with Crippen molar-refractivity contribution >= 4 is 17.6 Å². The second-order valence-electron chi connectivity index (χ2n) is 6.84. The Morgan fingerprint density at radius 1 is 1.11 bits per heavy atom. The summed E-state index contributed by atoms with van der Waals surface area (Å²) >= 11 is 0. The van der Waals surface area contributed by atoms with Gasteiger partial charge in [0.25, 0.3) is 0 Å². The number of unbranched alkanes of at least 4 members (excludes halogenated alkanes) is 3. The highest BCUT2D eigenvalue weighted by molar-refractivity contribution is 5.87. The van der Waals surface area contributed by atoms with Gasteiger partial charge in [-0.25, -0.2) is 0 Å². The Kier molecular flexibility index (Phi) is 14.8. The van der Waals surface area contributed by atoms with Gasteiger partial charge in [0, 0.05) is 31.5 Å². The van der Waals surface area contributed by atoms with Crippen LogP contribution in [0.15, 0.2) is 29.3 Å². The van der Waals surface area contributed by atoms with Crippen LogP contribution in [0.4, 0.5) is 0 Å². The summed E-state index contributed by atoms with van der Waals surface area (Å²) in [5.41, 5.74) is 10.5. The Hall–Kier alpha value is -2.15. The number of aliphatic imine (C=N–C) groups is 1. The number of allylic oxidation sites excluding steroid dienone is 3. The second-order valence-corrected chi connectivity index (χ2v) is 6.84. The molecule has 0 spiro atoms. The van der Waals surface area contributed by atoms with Crippen molar-refractivity contribution in [2.45, 2.75) is 77.4 Å². The van der Waals surface area contributed by atoms with E-state index in [9.17, 15) is 9.59 Å². The standard InChI is InChI=1S/C20H36N4O3/c1-16(11-10-14-23-20(21)22)24-19(27)13-9-7-5-3-4-6-8-12-18(26)15-17(2)25/h5,7,9,13,16-17,25H,3-4,6,8,10-12,14-15H2,1-2H3,(H,24,27)(H4,21,22,23)/b7-5+,13-9+. The quantitative estimate of drug-likeness (QED) is 0.113. The van der Waals surface area contributed by atoms with E-state index in [4.69, 9.17) is 16.6 Å². The number of ketones is 1. The summed E-state index contributed by atoms with van der Waals surface area (Å²) in [5, 5.41) is 12.0. The molecule has 2 unspecified atom stereocenters. The number of rotatable bonds is 15. The molecule has 0 radical (unpaired) electrons. The first kappa shape index (κ1) is 24.8. The van der Waals surface area contributed by atoms with E-state index in [0.29, 0.717) is 13.0 Å². The van der Waals surface area contributed by atoms with Crippen molar-refractivity contribution in [1.29, 1.82) is 0 Å². The van der Waals surface area contributed by atoms with Crippen LogP contribution < -0.4 is 16.8 Å². The van der Waals surface area contributed by atoms with Gasteiger partial charge in [-0.3, -0.25) is 14.6 Å². The number of aliphatic hydroxyl groups is 1. The lowest BCUT2D eigenvalue weighted by atomic mass is 10.1. The van der Waals surface area contributed by atoms with E-state index in [2.05, 4.69) is 10.3 Å². The van der Waals surface area contributed by atoms with Crippen molar-refractivity contribution in [2.24, 2.45) is 16.5 Å². The monoisotopic (exact) mass is 380 g/mol. The number of aliphatic hydroxyl groups excluding tert-OH is 1. The van der Waals surface area contributed by atoms with E-state index in [1.165, 1.54) is 6.08 Å². The molecule has 0 aromatic carbocycles. The molecule has 27 heavy (non-hydrogen) atoms. The van der Waals surface area contributed by atoms with Crippen LogP contribution in [0.2, 0.25) is 0 Å². The van der Waals surface area contributed by atoms with Crippen molar-refractivity contribution in [3.05, 3.63) is 24.3 Å². The van der Waals surface area contributed by atoms with E-state index in [1.54, 1.807) is 13.0 Å². The van der Waals surface area contributed by atoms with Gasteiger partial charge >= 0.3 is 0 Å². The third-order valence-electron chi connectivity index (χ3n) is 3.82. The fraction of sp³-hybridized carbons (Fsp3) is 0.650. The molecular weight excluding hydrogens is 344 g/mol. The van der Waals surface area contributed by atoms with E-state index in [0.717, 1.165) is 38.5 Å². The fourth-order valence-electron chi connectivity index (χ4n) is 2.48. The molecule has 0 aromatic rings. The molecule has 154 valence electrons. The van der Waals surface area contributed by atoms with Crippen LogP contribution in [0.3, 0.4) is 0 Å². The summed E-state index contributed by atoms with van der Waals surface area (Å²) in [6.07, 6.45) is 12.8. The van der Waals surface area contributed by atoms with Gasteiger partial charge in [-0.15, -0.1) is 0 Å². The van der Waals surface area contributed by atoms with Gasteiger partial charge in [-0.2, -0.15) is 0 Å². The highest BCUT2D eigenvalue weighted by Gasteiger charge is 2.05. The molecule has 0 aliphatic rings. The largest absolute Gasteiger partial charge is 0.393 e. The maximum absolute atomic E-state index is 11.8. The summed E-state index contributed by atoms with van der Waals surface area (Å²) in [5.74, 6) is 0.0943. The van der Waals surface area contributed by atoms with Gasteiger partial charge in [-0.1, -0.05) is 24.6 Å². The number of hydrogen-bond donors (Lipinski definition) is 4. The summed E-state index contributed by atoms with van der Waals surface area (Å²) in [6, 6.07) is 0.0665. The van der Waals surface area contributed by atoms with Crippen LogP contribution in [-0.2, 0) is 9.59 Å². The van der Waals surface area contributed by atoms with Crippen molar-refractivity contribution in [1.82, 2.24) is 5.32 Å². The van der Waals surface area contributed by atoms with Gasteiger partial charge in [0.05, 0.1) is 6.10 Å². The molecule has 0 saturated carbocycles. The third-order valence-corrected chi connectivity index (χ3v) is 3.82. The Morgan fingerprint density at radius 3 is 2.52 bits per heavy atom. The molecule has 7 heteroatoms. The maximum atomic E-state index is 11.8. The van der Waals surface area contributed by atoms with Crippen molar-refractivity contribution < 1.29 is 14.7 Å². The van der Waals surface area contributed by atoms with Gasteiger partial charge < -0.3 is 21.9 Å². The molecule has 0 aliphatic heterocycles. The molecular formula is C20H36N4O3. The van der Waals surface area contributed by atoms with Gasteiger partial charge in [0.2, 0.25) is 5.91 Å². The maximum Gasteiger partial charge on any atom is 0.244 e. The highest BCUT2D eigenvalue weighted by atomic mass is 16.3. The number of carbonyl (C=O) groups excluding carboxylic acids is 2. The molecule has 7 nitrogen and oxygen atoms in total. The Morgan fingerprint density at radius 2 is 1.85 bits per heavy atom. The van der Waals surface area contributed by atoms with Gasteiger partial charge in [0.15, 0.2) is 5.96 Å². The van der Waals surface area contributed by atoms with Crippen molar-refractivity contribution in [2.75, 3.05) is 6.54 Å². The Labute approximate surface area is 163 Å². The molecule has 0 heterocycles. The van der Waals surface area contributed by atoms with Crippen molar-refractivity contribution in [3.8, 4) is 0 Å². The van der Waals surface area contributed by atoms with Crippen LogP contribution in [0.5, 0.6) is 0 Å².